The zero-order valence-corrected chi connectivity index (χ0v) is 16.1. The molecule has 0 saturated carbocycles. The first kappa shape index (κ1) is 18.7. The fourth-order valence-corrected chi connectivity index (χ4v) is 3.51. The Balaban J connectivity index is 1.66. The third-order valence-corrected chi connectivity index (χ3v) is 4.87. The molecule has 1 aliphatic heterocycles. The number of hydrogen-bond donors (Lipinski definition) is 1. The number of aromatic nitrogens is 1. The summed E-state index contributed by atoms with van der Waals surface area (Å²) in [4.78, 5) is 4.73. The number of nitrogens with one attached hydrogen (secondary N) is 1. The number of pyridine rings is 1. The summed E-state index contributed by atoms with van der Waals surface area (Å²) in [6.07, 6.45) is 3.33. The molecule has 1 aliphatic rings. The Bertz CT molecular complexity index is 709. The van der Waals surface area contributed by atoms with Crippen LogP contribution in [0.25, 0.3) is 0 Å². The molecule has 3 rings (SSSR count). The van der Waals surface area contributed by atoms with E-state index in [-0.39, 0.29) is 0 Å². The molecule has 0 bridgehead atoms. The van der Waals surface area contributed by atoms with Gasteiger partial charge in [-0.25, -0.2) is 4.98 Å². The third kappa shape index (κ3) is 4.98. The lowest BCUT2D eigenvalue weighted by Gasteiger charge is -2.22. The van der Waals surface area contributed by atoms with Gasteiger partial charge in [0.15, 0.2) is 0 Å². The highest BCUT2D eigenvalue weighted by Crippen LogP contribution is 2.26. The van der Waals surface area contributed by atoms with Gasteiger partial charge >= 0.3 is 0 Å². The van der Waals surface area contributed by atoms with E-state index in [1.807, 2.05) is 12.1 Å². The van der Waals surface area contributed by atoms with Gasteiger partial charge in [0, 0.05) is 23.2 Å². The van der Waals surface area contributed by atoms with Crippen molar-refractivity contribution in [3.8, 4) is 11.6 Å². The van der Waals surface area contributed by atoms with Crippen molar-refractivity contribution in [3.63, 3.8) is 0 Å². The molecule has 0 atom stereocenters. The van der Waals surface area contributed by atoms with E-state index < -0.39 is 0 Å². The van der Waals surface area contributed by atoms with Crippen molar-refractivity contribution in [1.29, 1.82) is 0 Å². The summed E-state index contributed by atoms with van der Waals surface area (Å²) >= 11 is 0. The van der Waals surface area contributed by atoms with Crippen LogP contribution in [0.15, 0.2) is 36.4 Å². The molecule has 1 fully saturated rings. The Hall–Kier alpha value is -2.07. The lowest BCUT2D eigenvalue weighted by Crippen LogP contribution is -2.27. The Labute approximate surface area is 156 Å². The Morgan fingerprint density at radius 3 is 2.69 bits per heavy atom. The number of benzene rings is 1. The van der Waals surface area contributed by atoms with E-state index in [1.165, 1.54) is 5.56 Å². The second kappa shape index (κ2) is 9.04. The van der Waals surface area contributed by atoms with E-state index in [4.69, 9.17) is 14.5 Å². The van der Waals surface area contributed by atoms with Crippen LogP contribution in [0.3, 0.4) is 0 Å². The molecule has 0 unspecified atom stereocenters. The molecular weight excluding hydrogens is 324 g/mol. The maximum absolute atomic E-state index is 5.98. The van der Waals surface area contributed by atoms with Crippen molar-refractivity contribution in [2.75, 3.05) is 20.2 Å². The maximum Gasteiger partial charge on any atom is 0.213 e. The van der Waals surface area contributed by atoms with E-state index in [1.54, 1.807) is 7.11 Å². The van der Waals surface area contributed by atoms with Crippen LogP contribution in [0.5, 0.6) is 11.6 Å². The smallest absolute Gasteiger partial charge is 0.213 e. The number of methoxy groups -OCH3 is 1. The average Bonchev–Trinajstić information content (AvgIpc) is 2.67. The minimum absolute atomic E-state index is 0.466. The van der Waals surface area contributed by atoms with Gasteiger partial charge < -0.3 is 14.8 Å². The van der Waals surface area contributed by atoms with E-state index in [0.29, 0.717) is 24.3 Å². The molecule has 26 heavy (non-hydrogen) atoms. The highest BCUT2D eigenvalue weighted by molar-refractivity contribution is 5.37. The molecule has 0 spiro atoms. The molecule has 1 aromatic carbocycles. The number of nitrogens with zero attached hydrogens (tertiary/aromatic N) is 1. The standard InChI is InChI=1S/C22H30N2O2/c1-16(2)13-17-7-8-19(21(14-17)25-3)15-26-22-6-4-5-20(24-22)18-9-11-23-12-10-18/h4-8,14,16,18,23H,9-13,15H2,1-3H3. The number of piperidine rings is 1. The minimum atomic E-state index is 0.466. The lowest BCUT2D eigenvalue weighted by molar-refractivity contribution is 0.283. The molecule has 1 aromatic heterocycles. The molecule has 0 aliphatic carbocycles. The SMILES string of the molecule is COc1cc(CC(C)C)ccc1COc1cccc(C2CCNCC2)n1. The van der Waals surface area contributed by atoms with Crippen molar-refractivity contribution in [2.45, 2.75) is 45.6 Å². The molecule has 1 saturated heterocycles. The van der Waals surface area contributed by atoms with Crippen molar-refractivity contribution in [1.82, 2.24) is 10.3 Å². The average molecular weight is 354 g/mol. The normalized spacial score (nSPS) is 15.2. The minimum Gasteiger partial charge on any atom is -0.496 e. The van der Waals surface area contributed by atoms with Gasteiger partial charge in [-0.05, 0) is 56.0 Å². The summed E-state index contributed by atoms with van der Waals surface area (Å²) in [7, 11) is 1.72. The summed E-state index contributed by atoms with van der Waals surface area (Å²) < 4.78 is 11.5. The van der Waals surface area contributed by atoms with Gasteiger partial charge in [0.25, 0.3) is 0 Å². The number of rotatable bonds is 7. The molecule has 140 valence electrons. The fraction of sp³-hybridized carbons (Fsp3) is 0.500. The summed E-state index contributed by atoms with van der Waals surface area (Å²) in [6.45, 7) is 7.05. The van der Waals surface area contributed by atoms with Crippen LogP contribution in [-0.2, 0) is 13.0 Å². The summed E-state index contributed by atoms with van der Waals surface area (Å²) in [6, 6.07) is 12.5. The third-order valence-electron chi connectivity index (χ3n) is 4.87. The van der Waals surface area contributed by atoms with Gasteiger partial charge in [-0.3, -0.25) is 0 Å². The molecular formula is C22H30N2O2. The van der Waals surface area contributed by atoms with Crippen molar-refractivity contribution >= 4 is 0 Å². The molecule has 2 heterocycles. The van der Waals surface area contributed by atoms with Crippen LogP contribution in [0.4, 0.5) is 0 Å². The quantitative estimate of drug-likeness (QED) is 0.803. The van der Waals surface area contributed by atoms with E-state index in [0.717, 1.165) is 49.4 Å². The Kier molecular flexibility index (Phi) is 6.51. The Morgan fingerprint density at radius 2 is 1.96 bits per heavy atom. The van der Waals surface area contributed by atoms with Gasteiger partial charge in [0.05, 0.1) is 7.11 Å². The summed E-state index contributed by atoms with van der Waals surface area (Å²) in [5.41, 5.74) is 3.49. The van der Waals surface area contributed by atoms with Crippen LogP contribution in [0, 0.1) is 5.92 Å². The lowest BCUT2D eigenvalue weighted by atomic mass is 9.94. The van der Waals surface area contributed by atoms with Crippen molar-refractivity contribution < 1.29 is 9.47 Å². The number of ether oxygens (including phenoxy) is 2. The van der Waals surface area contributed by atoms with Gasteiger partial charge in [-0.15, -0.1) is 0 Å². The molecule has 4 nitrogen and oxygen atoms in total. The zero-order valence-electron chi connectivity index (χ0n) is 16.1. The predicted molar refractivity (Wildman–Crippen MR) is 105 cm³/mol. The Morgan fingerprint density at radius 1 is 1.15 bits per heavy atom. The van der Waals surface area contributed by atoms with Crippen LogP contribution in [0.1, 0.15) is 49.4 Å². The van der Waals surface area contributed by atoms with Gasteiger partial charge in [-0.1, -0.05) is 32.0 Å². The molecule has 4 heteroatoms. The van der Waals surface area contributed by atoms with Crippen molar-refractivity contribution in [3.05, 3.63) is 53.2 Å². The highest BCUT2D eigenvalue weighted by Gasteiger charge is 2.17. The summed E-state index contributed by atoms with van der Waals surface area (Å²) in [5.74, 6) is 2.74. The first-order valence-electron chi connectivity index (χ1n) is 9.62. The fourth-order valence-electron chi connectivity index (χ4n) is 3.51. The summed E-state index contributed by atoms with van der Waals surface area (Å²) in [5, 5.41) is 3.40. The van der Waals surface area contributed by atoms with E-state index >= 15 is 0 Å². The largest absolute Gasteiger partial charge is 0.496 e. The van der Waals surface area contributed by atoms with Crippen LogP contribution in [-0.4, -0.2) is 25.2 Å². The number of hydrogen-bond acceptors (Lipinski definition) is 4. The van der Waals surface area contributed by atoms with Gasteiger partial charge in [0.2, 0.25) is 5.88 Å². The maximum atomic E-state index is 5.98. The predicted octanol–water partition coefficient (Wildman–Crippen LogP) is 4.33. The zero-order chi connectivity index (χ0) is 18.4. The molecule has 0 radical (unpaired) electrons. The van der Waals surface area contributed by atoms with Gasteiger partial charge in [-0.2, -0.15) is 0 Å². The first-order valence-corrected chi connectivity index (χ1v) is 9.62. The van der Waals surface area contributed by atoms with E-state index in [9.17, 15) is 0 Å². The van der Waals surface area contributed by atoms with Crippen LogP contribution >= 0.6 is 0 Å². The topological polar surface area (TPSA) is 43.4 Å². The van der Waals surface area contributed by atoms with E-state index in [2.05, 4.69) is 43.4 Å². The molecule has 2 aromatic rings. The second-order valence-corrected chi connectivity index (χ2v) is 7.46. The van der Waals surface area contributed by atoms with Crippen molar-refractivity contribution in [2.24, 2.45) is 5.92 Å². The van der Waals surface area contributed by atoms with Crippen LogP contribution < -0.4 is 14.8 Å². The van der Waals surface area contributed by atoms with Crippen LogP contribution in [0.2, 0.25) is 0 Å². The highest BCUT2D eigenvalue weighted by atomic mass is 16.5. The molecule has 1 N–H and O–H groups in total. The first-order chi connectivity index (χ1) is 12.7. The molecule has 0 amide bonds. The van der Waals surface area contributed by atoms with Gasteiger partial charge in [0.1, 0.15) is 12.4 Å². The monoisotopic (exact) mass is 354 g/mol. The second-order valence-electron chi connectivity index (χ2n) is 7.46.